The molecule has 0 aromatic rings. The summed E-state index contributed by atoms with van der Waals surface area (Å²) < 4.78 is 67.5. The maximum atomic E-state index is 12.9. The van der Waals surface area contributed by atoms with Gasteiger partial charge >= 0.3 is 39.5 Å². The Morgan fingerprint density at radius 3 is 0.910 bits per heavy atom. The van der Waals surface area contributed by atoms with E-state index in [-0.39, 0.29) is 25.7 Å². The largest absolute Gasteiger partial charge is 0.472 e. The van der Waals surface area contributed by atoms with Crippen molar-refractivity contribution in [3.05, 3.63) is 0 Å². The van der Waals surface area contributed by atoms with Gasteiger partial charge in [0, 0.05) is 25.7 Å². The van der Waals surface area contributed by atoms with E-state index in [1.165, 1.54) is 103 Å². The summed E-state index contributed by atoms with van der Waals surface area (Å²) in [6, 6.07) is 0. The molecule has 17 nitrogen and oxygen atoms in total. The fourth-order valence-electron chi connectivity index (χ4n) is 8.67. The van der Waals surface area contributed by atoms with Crippen LogP contribution in [0.25, 0.3) is 0 Å². The Morgan fingerprint density at radius 2 is 0.615 bits per heavy atom. The molecule has 0 heterocycles. The zero-order valence-corrected chi connectivity index (χ0v) is 51.6. The first-order valence-electron chi connectivity index (χ1n) is 31.2. The molecule has 0 spiro atoms. The van der Waals surface area contributed by atoms with Gasteiger partial charge in [0.15, 0.2) is 12.2 Å². The number of esters is 4. The molecule has 0 saturated heterocycles. The lowest BCUT2D eigenvalue weighted by Crippen LogP contribution is -2.30. The monoisotopic (exact) mass is 1160 g/mol. The minimum absolute atomic E-state index is 0.104. The number of unbranched alkanes of at least 4 members (excludes halogenated alkanes) is 30. The Bertz CT molecular complexity index is 1540. The van der Waals surface area contributed by atoms with Crippen LogP contribution in [-0.4, -0.2) is 96.7 Å². The van der Waals surface area contributed by atoms with Crippen LogP contribution in [0, 0.1) is 5.92 Å². The number of phosphoric acid groups is 2. The summed E-state index contributed by atoms with van der Waals surface area (Å²) in [4.78, 5) is 71.7. The van der Waals surface area contributed by atoms with Crippen LogP contribution in [0.2, 0.25) is 0 Å². The van der Waals surface area contributed by atoms with Crippen molar-refractivity contribution in [1.29, 1.82) is 0 Å². The molecule has 0 aliphatic heterocycles. The van der Waals surface area contributed by atoms with E-state index >= 15 is 0 Å². The highest BCUT2D eigenvalue weighted by Crippen LogP contribution is 2.45. The van der Waals surface area contributed by atoms with Crippen LogP contribution >= 0.6 is 15.6 Å². The highest BCUT2D eigenvalue weighted by Gasteiger charge is 2.30. The van der Waals surface area contributed by atoms with Gasteiger partial charge in [-0.1, -0.05) is 240 Å². The van der Waals surface area contributed by atoms with Crippen LogP contribution in [0.4, 0.5) is 0 Å². The van der Waals surface area contributed by atoms with Gasteiger partial charge in [0.2, 0.25) is 0 Å². The highest BCUT2D eigenvalue weighted by molar-refractivity contribution is 7.47. The van der Waals surface area contributed by atoms with Crippen molar-refractivity contribution in [3.63, 3.8) is 0 Å². The number of carbonyl (C=O) groups is 4. The average Bonchev–Trinajstić information content (AvgIpc) is 3.41. The van der Waals surface area contributed by atoms with E-state index in [0.29, 0.717) is 25.7 Å². The van der Waals surface area contributed by atoms with Gasteiger partial charge in [-0.25, -0.2) is 9.13 Å². The van der Waals surface area contributed by atoms with Gasteiger partial charge in [0.25, 0.3) is 0 Å². The fraction of sp³-hybridized carbons (Fsp3) is 0.932. The molecule has 0 saturated carbocycles. The lowest BCUT2D eigenvalue weighted by molar-refractivity contribution is -0.161. The van der Waals surface area contributed by atoms with Crippen molar-refractivity contribution >= 4 is 39.5 Å². The van der Waals surface area contributed by atoms with Gasteiger partial charge in [0.1, 0.15) is 19.3 Å². The first-order valence-corrected chi connectivity index (χ1v) is 34.2. The summed E-state index contributed by atoms with van der Waals surface area (Å²) in [6.45, 7) is 7.04. The molecule has 6 atom stereocenters. The lowest BCUT2D eigenvalue weighted by atomic mass is 9.99. The van der Waals surface area contributed by atoms with E-state index in [9.17, 15) is 43.2 Å². The zero-order chi connectivity index (χ0) is 57.8. The highest BCUT2D eigenvalue weighted by atomic mass is 31.2. The number of rotatable bonds is 59. The Hall–Kier alpha value is -1.94. The van der Waals surface area contributed by atoms with Crippen molar-refractivity contribution in [2.24, 2.45) is 5.92 Å². The number of aliphatic hydroxyl groups is 1. The van der Waals surface area contributed by atoms with Gasteiger partial charge in [-0.3, -0.25) is 37.3 Å². The van der Waals surface area contributed by atoms with E-state index in [1.54, 1.807) is 0 Å². The normalized spacial score (nSPS) is 14.7. The van der Waals surface area contributed by atoms with Crippen LogP contribution in [0.1, 0.15) is 291 Å². The molecule has 78 heavy (non-hydrogen) atoms. The number of hydrogen-bond donors (Lipinski definition) is 3. The second-order valence-corrected chi connectivity index (χ2v) is 24.5. The zero-order valence-electron chi connectivity index (χ0n) is 49.8. The molecular formula is C59H114O17P2. The van der Waals surface area contributed by atoms with Crippen molar-refractivity contribution in [2.75, 3.05) is 39.6 Å². The molecule has 3 unspecified atom stereocenters. The summed E-state index contributed by atoms with van der Waals surface area (Å²) in [7, 11) is -9.86. The van der Waals surface area contributed by atoms with Gasteiger partial charge in [-0.15, -0.1) is 0 Å². The molecule has 0 amide bonds. The van der Waals surface area contributed by atoms with Crippen molar-refractivity contribution < 1.29 is 80.2 Å². The second-order valence-electron chi connectivity index (χ2n) is 21.6. The Kier molecular flexibility index (Phi) is 51.8. The molecule has 0 aromatic carbocycles. The minimum Gasteiger partial charge on any atom is -0.462 e. The van der Waals surface area contributed by atoms with Gasteiger partial charge in [-0.05, 0) is 31.6 Å². The van der Waals surface area contributed by atoms with Crippen molar-refractivity contribution in [2.45, 2.75) is 310 Å². The quantitative estimate of drug-likeness (QED) is 0.0222. The molecule has 0 aromatic heterocycles. The third kappa shape index (κ3) is 52.2. The third-order valence-corrected chi connectivity index (χ3v) is 15.8. The predicted molar refractivity (Wildman–Crippen MR) is 308 cm³/mol. The number of phosphoric ester groups is 2. The lowest BCUT2D eigenvalue weighted by Gasteiger charge is -2.21. The van der Waals surface area contributed by atoms with E-state index in [1.807, 2.05) is 0 Å². The summed E-state index contributed by atoms with van der Waals surface area (Å²) >= 11 is 0. The van der Waals surface area contributed by atoms with E-state index in [0.717, 1.165) is 109 Å². The van der Waals surface area contributed by atoms with Crippen LogP contribution in [0.3, 0.4) is 0 Å². The molecule has 0 bridgehead atoms. The molecule has 462 valence electrons. The van der Waals surface area contributed by atoms with Gasteiger partial charge < -0.3 is 33.8 Å². The number of ether oxygens (including phenoxy) is 4. The molecule has 0 fully saturated rings. The molecule has 3 N–H and O–H groups in total. The third-order valence-electron chi connectivity index (χ3n) is 13.9. The van der Waals surface area contributed by atoms with Crippen LogP contribution in [-0.2, 0) is 65.4 Å². The molecule has 19 heteroatoms. The van der Waals surface area contributed by atoms with Crippen molar-refractivity contribution in [3.8, 4) is 0 Å². The SMILES string of the molecule is CCCCCCCCCCCCCCCC(=O)O[C@H](COC(=O)CCCCCCCCCCC(C)CC)COP(=O)(O)OC[C@@H](O)COP(=O)(O)OC[C@@H](COC(=O)CCCCCCC)OC(=O)CCCCCCCCCC. The topological polar surface area (TPSA) is 237 Å². The number of aliphatic hydroxyl groups excluding tert-OH is 1. The van der Waals surface area contributed by atoms with Gasteiger partial charge in [-0.2, -0.15) is 0 Å². The Balaban J connectivity index is 5.18. The Labute approximate surface area is 473 Å². The van der Waals surface area contributed by atoms with E-state index in [4.69, 9.17) is 37.0 Å². The second kappa shape index (κ2) is 53.1. The molecule has 0 aliphatic carbocycles. The minimum atomic E-state index is -4.94. The maximum Gasteiger partial charge on any atom is 0.472 e. The van der Waals surface area contributed by atoms with E-state index < -0.39 is 97.5 Å². The van der Waals surface area contributed by atoms with Gasteiger partial charge in [0.05, 0.1) is 26.4 Å². The van der Waals surface area contributed by atoms with Crippen LogP contribution < -0.4 is 0 Å². The molecule has 0 rings (SSSR count). The fourth-order valence-corrected chi connectivity index (χ4v) is 10.2. The van der Waals surface area contributed by atoms with Crippen molar-refractivity contribution in [1.82, 2.24) is 0 Å². The van der Waals surface area contributed by atoms with Crippen LogP contribution in [0.15, 0.2) is 0 Å². The smallest absolute Gasteiger partial charge is 0.462 e. The first-order chi connectivity index (χ1) is 37.6. The maximum absolute atomic E-state index is 12.9. The summed E-state index contributed by atoms with van der Waals surface area (Å²) in [5, 5.41) is 10.5. The predicted octanol–water partition coefficient (Wildman–Crippen LogP) is 15.8. The standard InChI is InChI=1S/C59H114O17P2/c1-6-10-13-16-18-20-21-22-23-24-30-35-40-45-59(64)76-55(49-70-57(62)43-38-33-29-26-25-27-32-36-41-52(5)9-4)51-74-78(67,68)72-47-53(60)46-71-77(65,66)73-50-54(48-69-56(61)42-37-31-15-12-8-3)75-58(63)44-39-34-28-19-17-14-11-7-2/h52-55,60H,6-51H2,1-5H3,(H,65,66)(H,67,68)/t52?,53-,54+,55+/m0/s1. The first kappa shape index (κ1) is 76.1. The summed E-state index contributed by atoms with van der Waals surface area (Å²) in [6.07, 6.45) is 35.1. The van der Waals surface area contributed by atoms with Crippen LogP contribution in [0.5, 0.6) is 0 Å². The number of carbonyl (C=O) groups excluding carboxylic acids is 4. The number of hydrogen-bond acceptors (Lipinski definition) is 15. The molecule has 0 radical (unpaired) electrons. The summed E-state index contributed by atoms with van der Waals surface area (Å²) in [5.41, 5.74) is 0. The molecule has 0 aliphatic rings. The Morgan fingerprint density at radius 1 is 0.359 bits per heavy atom. The summed E-state index contributed by atoms with van der Waals surface area (Å²) in [5.74, 6) is -1.37. The average molecular weight is 1160 g/mol. The van der Waals surface area contributed by atoms with E-state index in [2.05, 4.69) is 34.6 Å². The molecular weight excluding hydrogens is 1040 g/mol.